The molecule has 6 rings (SSSR count). The number of fused-ring (bicyclic) bond motifs is 4. The Labute approximate surface area is 293 Å². The minimum absolute atomic E-state index is 0. The van der Waals surface area contributed by atoms with Crippen LogP contribution >= 0.6 is 0 Å². The fourth-order valence-electron chi connectivity index (χ4n) is 7.97. The molecule has 0 nitrogen and oxygen atoms in total. The molecule has 0 saturated heterocycles. The Morgan fingerprint density at radius 3 is 1.58 bits per heavy atom. The zero-order valence-electron chi connectivity index (χ0n) is 27.7. The monoisotopic (exact) mass is 688 g/mol. The zero-order chi connectivity index (χ0) is 28.8. The predicted molar refractivity (Wildman–Crippen MR) is 172 cm³/mol. The third kappa shape index (κ3) is 5.86. The molecule has 0 amide bonds. The molecule has 0 heterocycles. The topological polar surface area (TPSA) is 0 Å². The van der Waals surface area contributed by atoms with E-state index in [9.17, 15) is 0 Å². The van der Waals surface area contributed by atoms with Gasteiger partial charge in [-0.2, -0.15) is 0 Å². The summed E-state index contributed by atoms with van der Waals surface area (Å²) in [6.45, 7) is 23.7. The van der Waals surface area contributed by atoms with E-state index in [2.05, 4.69) is 148 Å². The van der Waals surface area contributed by atoms with Crippen LogP contribution in [0.1, 0.15) is 109 Å². The van der Waals surface area contributed by atoms with E-state index in [-0.39, 0.29) is 72.7 Å². The van der Waals surface area contributed by atoms with E-state index in [0.29, 0.717) is 17.8 Å². The Kier molecular flexibility index (Phi) is 10.1. The van der Waals surface area contributed by atoms with Gasteiger partial charge in [-0.1, -0.05) is 154 Å². The van der Waals surface area contributed by atoms with E-state index in [4.69, 9.17) is 0 Å². The van der Waals surface area contributed by atoms with Gasteiger partial charge in [0.2, 0.25) is 0 Å². The number of hydrogen-bond acceptors (Lipinski definition) is 0. The first-order valence-corrected chi connectivity index (χ1v) is 15.4. The van der Waals surface area contributed by atoms with Gasteiger partial charge in [0.1, 0.15) is 0 Å². The molecule has 0 bridgehead atoms. The maximum atomic E-state index is 2.67. The van der Waals surface area contributed by atoms with Gasteiger partial charge in [0.05, 0.1) is 0 Å². The molecular weight excluding hydrogens is 643 g/mol. The number of benzene rings is 3. The average Bonchev–Trinajstić information content (AvgIpc) is 3.54. The van der Waals surface area contributed by atoms with Crippen LogP contribution in [0.2, 0.25) is 0 Å². The molecule has 0 spiro atoms. The summed E-state index contributed by atoms with van der Waals surface area (Å²) in [7, 11) is 0. The Balaban J connectivity index is 0.00000169. The molecule has 0 aromatic heterocycles. The van der Waals surface area contributed by atoms with Gasteiger partial charge in [0.25, 0.3) is 0 Å². The predicted octanol–water partition coefficient (Wildman–Crippen LogP) is 4.91. The molecule has 3 aliphatic rings. The first kappa shape index (κ1) is 36.1. The van der Waals surface area contributed by atoms with Crippen molar-refractivity contribution in [2.75, 3.05) is 0 Å². The number of rotatable bonds is 2. The number of hydrogen-bond donors (Lipinski definition) is 0. The molecule has 3 heteroatoms. The van der Waals surface area contributed by atoms with Crippen LogP contribution in [0.3, 0.4) is 0 Å². The van der Waals surface area contributed by atoms with Crippen LogP contribution in [0.25, 0.3) is 11.1 Å². The van der Waals surface area contributed by atoms with Crippen molar-refractivity contribution in [2.24, 2.45) is 17.3 Å². The zero-order valence-corrected chi connectivity index (χ0v) is 31.7. The van der Waals surface area contributed by atoms with Gasteiger partial charge in [-0.05, 0) is 73.1 Å². The largest absolute Gasteiger partial charge is 2.00 e. The molecule has 3 aromatic rings. The van der Waals surface area contributed by atoms with E-state index in [1.165, 1.54) is 50.9 Å². The second-order valence-electron chi connectivity index (χ2n) is 16.0. The summed E-state index contributed by atoms with van der Waals surface area (Å²) in [6.07, 6.45) is 6.42. The molecular formula is C40H48Cl2Zr. The first-order chi connectivity index (χ1) is 18.6. The van der Waals surface area contributed by atoms with Gasteiger partial charge in [-0.3, -0.25) is 0 Å². The van der Waals surface area contributed by atoms with Crippen LogP contribution in [0, 0.1) is 17.3 Å². The van der Waals surface area contributed by atoms with E-state index >= 15 is 0 Å². The minimum Gasteiger partial charge on any atom is -1.00 e. The van der Waals surface area contributed by atoms with Gasteiger partial charge >= 0.3 is 26.2 Å². The molecule has 0 N–H and O–H groups in total. The average molecular weight is 691 g/mol. The quantitative estimate of drug-likeness (QED) is 0.359. The van der Waals surface area contributed by atoms with Crippen molar-refractivity contribution in [3.8, 4) is 11.1 Å². The van der Waals surface area contributed by atoms with Crippen molar-refractivity contribution in [2.45, 2.75) is 97.8 Å². The molecule has 226 valence electrons. The Morgan fingerprint density at radius 1 is 0.651 bits per heavy atom. The summed E-state index contributed by atoms with van der Waals surface area (Å²) in [4.78, 5) is 0. The molecule has 3 atom stereocenters. The van der Waals surface area contributed by atoms with Gasteiger partial charge in [0.15, 0.2) is 0 Å². The Bertz CT molecular complexity index is 1480. The summed E-state index contributed by atoms with van der Waals surface area (Å²) in [5, 5.41) is 0. The molecule has 3 aromatic carbocycles. The standard InChI is InChI=1S/C40H48.2ClH.Zr/c1-25-24-40(26-14-12-11-13-15-26,35-23-29(22-32(25)35)39(8,9)10)36-33-20-27(37(2,3)4)16-18-30(33)31-19-17-28(21-34(31)36)38(5,6)7;;;/h11-23,25,35-36H,24H2,1-10H3;2*1H;/q;;;+2/p-2. The third-order valence-electron chi connectivity index (χ3n) is 10.2. The summed E-state index contributed by atoms with van der Waals surface area (Å²) in [6, 6.07) is 26.4. The first-order valence-electron chi connectivity index (χ1n) is 15.4. The van der Waals surface area contributed by atoms with Crippen LogP contribution < -0.4 is 24.8 Å². The van der Waals surface area contributed by atoms with E-state index < -0.39 is 0 Å². The summed E-state index contributed by atoms with van der Waals surface area (Å²) < 4.78 is 0. The van der Waals surface area contributed by atoms with Crippen LogP contribution in [-0.2, 0) is 42.4 Å². The fraction of sp³-hybridized carbons (Fsp3) is 0.450. The summed E-state index contributed by atoms with van der Waals surface area (Å²) >= 11 is 0. The van der Waals surface area contributed by atoms with Gasteiger partial charge in [-0.15, -0.1) is 0 Å². The Morgan fingerprint density at radius 2 is 1.14 bits per heavy atom. The van der Waals surface area contributed by atoms with Crippen molar-refractivity contribution in [3.05, 3.63) is 118 Å². The number of halogens is 2. The third-order valence-corrected chi connectivity index (χ3v) is 10.2. The van der Waals surface area contributed by atoms with Crippen LogP contribution in [-0.4, -0.2) is 0 Å². The molecule has 1 saturated carbocycles. The molecule has 0 radical (unpaired) electrons. The Hall–Kier alpha value is -1.40. The second kappa shape index (κ2) is 12.1. The van der Waals surface area contributed by atoms with E-state index in [1.807, 2.05) is 0 Å². The van der Waals surface area contributed by atoms with Crippen molar-refractivity contribution >= 4 is 0 Å². The second-order valence-corrected chi connectivity index (χ2v) is 16.0. The molecule has 0 aliphatic heterocycles. The van der Waals surface area contributed by atoms with E-state index in [1.54, 1.807) is 5.57 Å². The smallest absolute Gasteiger partial charge is 1.00 e. The van der Waals surface area contributed by atoms with Crippen LogP contribution in [0.4, 0.5) is 0 Å². The van der Waals surface area contributed by atoms with E-state index in [0.717, 1.165) is 0 Å². The van der Waals surface area contributed by atoms with Crippen molar-refractivity contribution in [3.63, 3.8) is 0 Å². The van der Waals surface area contributed by atoms with Gasteiger partial charge in [0, 0.05) is 17.3 Å². The molecule has 43 heavy (non-hydrogen) atoms. The van der Waals surface area contributed by atoms with Gasteiger partial charge in [-0.25, -0.2) is 0 Å². The van der Waals surface area contributed by atoms with Crippen LogP contribution in [0.15, 0.2) is 90.0 Å². The van der Waals surface area contributed by atoms with Gasteiger partial charge < -0.3 is 24.8 Å². The van der Waals surface area contributed by atoms with Crippen LogP contribution in [0.5, 0.6) is 0 Å². The molecule has 3 aliphatic carbocycles. The maximum absolute atomic E-state index is 2.67. The molecule has 1 fully saturated rings. The molecule has 3 unspecified atom stereocenters. The van der Waals surface area contributed by atoms with Crippen molar-refractivity contribution in [1.82, 2.24) is 0 Å². The maximum Gasteiger partial charge on any atom is 2.00 e. The minimum atomic E-state index is -0.0352. The van der Waals surface area contributed by atoms with Crippen molar-refractivity contribution < 1.29 is 51.0 Å². The SMILES string of the molecule is CC1CC(c2ccccc2)(C2c3cc(C(C)(C)C)ccc3-c3ccc(C(C)(C)C)cc32)C2C=C(C(C)(C)C)C=C12.[Cl-].[Cl-].[Zr+2]. The number of allylic oxidation sites excluding steroid dienone is 4. The summed E-state index contributed by atoms with van der Waals surface area (Å²) in [5.74, 6) is 1.25. The summed E-state index contributed by atoms with van der Waals surface area (Å²) in [5.41, 5.74) is 13.8. The fourth-order valence-corrected chi connectivity index (χ4v) is 7.97. The normalized spacial score (nSPS) is 22.7. The van der Waals surface area contributed by atoms with Crippen molar-refractivity contribution in [1.29, 1.82) is 0 Å².